The van der Waals surface area contributed by atoms with Gasteiger partial charge in [0.15, 0.2) is 17.5 Å². The van der Waals surface area contributed by atoms with E-state index in [1.165, 1.54) is 38.2 Å². The van der Waals surface area contributed by atoms with Crippen LogP contribution >= 0.6 is 0 Å². The minimum absolute atomic E-state index is 0.399. The molecule has 8 aromatic rings. The van der Waals surface area contributed by atoms with Gasteiger partial charge in [-0.1, -0.05) is 122 Å². The molecule has 0 saturated heterocycles. The fourth-order valence-electron chi connectivity index (χ4n) is 7.56. The van der Waals surface area contributed by atoms with Crippen molar-refractivity contribution in [3.8, 4) is 45.3 Å². The van der Waals surface area contributed by atoms with Crippen molar-refractivity contribution in [3.05, 3.63) is 155 Å². The van der Waals surface area contributed by atoms with Gasteiger partial charge in [0.05, 0.1) is 0 Å². The van der Waals surface area contributed by atoms with E-state index in [0.29, 0.717) is 23.4 Å². The zero-order valence-electron chi connectivity index (χ0n) is 27.3. The molecule has 0 saturated carbocycles. The second-order valence-electron chi connectivity index (χ2n) is 13.1. The van der Waals surface area contributed by atoms with Crippen molar-refractivity contribution in [1.29, 1.82) is 0 Å². The number of allylic oxidation sites excluding steroid dienone is 1. The molecule has 1 atom stereocenters. The van der Waals surface area contributed by atoms with Crippen LogP contribution in [0, 0.1) is 0 Å². The first-order chi connectivity index (χ1) is 24.7. The summed E-state index contributed by atoms with van der Waals surface area (Å²) in [5, 5.41) is 6.06. The maximum atomic E-state index is 6.09. The van der Waals surface area contributed by atoms with Crippen molar-refractivity contribution < 1.29 is 4.42 Å². The minimum Gasteiger partial charge on any atom is -0.455 e. The highest BCUT2D eigenvalue weighted by molar-refractivity contribution is 6.14. The van der Waals surface area contributed by atoms with E-state index < -0.39 is 0 Å². The van der Waals surface area contributed by atoms with Gasteiger partial charge in [0.1, 0.15) is 11.3 Å². The molecule has 0 spiro atoms. The quantitative estimate of drug-likeness (QED) is 0.142. The van der Waals surface area contributed by atoms with Crippen LogP contribution in [0.15, 0.2) is 137 Å². The van der Waals surface area contributed by atoms with Crippen molar-refractivity contribution in [3.63, 3.8) is 0 Å². The summed E-state index contributed by atoms with van der Waals surface area (Å²) in [6, 6.07) is 40.4. The number of aromatic nitrogens is 3. The highest BCUT2D eigenvalue weighted by Crippen LogP contribution is 2.42. The van der Waals surface area contributed by atoms with Crippen LogP contribution in [-0.2, 0) is 0 Å². The second-order valence-corrected chi connectivity index (χ2v) is 13.1. The number of benzene rings is 6. The molecule has 2 heterocycles. The molecule has 0 N–H and O–H groups in total. The van der Waals surface area contributed by atoms with Gasteiger partial charge < -0.3 is 4.42 Å². The Balaban J connectivity index is 1.18. The van der Waals surface area contributed by atoms with E-state index in [9.17, 15) is 0 Å². The summed E-state index contributed by atoms with van der Waals surface area (Å²) in [5.74, 6) is 3.05. The van der Waals surface area contributed by atoms with Gasteiger partial charge in [-0.05, 0) is 80.4 Å². The van der Waals surface area contributed by atoms with Gasteiger partial charge >= 0.3 is 0 Å². The lowest BCUT2D eigenvalue weighted by atomic mass is 9.81. The molecule has 10 rings (SSSR count). The summed E-state index contributed by atoms with van der Waals surface area (Å²) in [6.45, 7) is 2.33. The average Bonchev–Trinajstić information content (AvgIpc) is 3.56. The Hall–Kier alpha value is -6.57. The van der Waals surface area contributed by atoms with Gasteiger partial charge in [0.2, 0.25) is 0 Å². The number of fused-ring (bicyclic) bond motifs is 9. The summed E-state index contributed by atoms with van der Waals surface area (Å²) in [4.78, 5) is 15.4. The van der Waals surface area contributed by atoms with E-state index in [-0.39, 0.29) is 0 Å². The van der Waals surface area contributed by atoms with E-state index in [2.05, 4.69) is 128 Å². The molecule has 2 aliphatic rings. The number of nitrogens with zero attached hydrogens (tertiary/aromatic N) is 3. The summed E-state index contributed by atoms with van der Waals surface area (Å²) in [7, 11) is 0. The number of rotatable bonds is 4. The molecule has 0 aliphatic heterocycles. The normalized spacial score (nSPS) is 14.5. The summed E-state index contributed by atoms with van der Waals surface area (Å²) >= 11 is 0. The Kier molecular flexibility index (Phi) is 6.40. The summed E-state index contributed by atoms with van der Waals surface area (Å²) in [6.07, 6.45) is 9.36. The standard InChI is InChI=1S/C46H29N3O/c1-28-10-9-16-38-35-14-6-5-13-34(35)36-24-22-32(27-40(36)43(28)38)45-47-44(31-20-18-30(19-21-31)29-11-3-2-4-12-29)48-46(49-45)33-23-25-42-39(26-33)37-15-7-8-17-41(37)50-42/h2-6,9,11-28H,10H2,1H3. The summed E-state index contributed by atoms with van der Waals surface area (Å²) < 4.78 is 6.09. The van der Waals surface area contributed by atoms with Crippen molar-refractivity contribution >= 4 is 50.7 Å². The van der Waals surface area contributed by atoms with Crippen LogP contribution in [0.2, 0.25) is 0 Å². The Morgan fingerprint density at radius 2 is 1.14 bits per heavy atom. The van der Waals surface area contributed by atoms with Gasteiger partial charge in [-0.2, -0.15) is 0 Å². The SMILES string of the molecule is CC1CC=Cc2c1c1cc(-c3nc(-c4ccc(-c5ccccc5)cc4)nc(-c4ccc5oc6c(c5c4)C=C=C=C6)n3)ccc1c1ccccc21. The zero-order valence-corrected chi connectivity index (χ0v) is 27.3. The third-order valence-corrected chi connectivity index (χ3v) is 10.0. The van der Waals surface area contributed by atoms with Crippen molar-refractivity contribution in [1.82, 2.24) is 15.0 Å². The number of hydrogen-bond donors (Lipinski definition) is 0. The Bertz CT molecular complexity index is 2810. The number of furan rings is 1. The van der Waals surface area contributed by atoms with Crippen molar-refractivity contribution in [2.45, 2.75) is 19.3 Å². The fourth-order valence-corrected chi connectivity index (χ4v) is 7.56. The lowest BCUT2D eigenvalue weighted by Gasteiger charge is -2.23. The first-order valence-electron chi connectivity index (χ1n) is 17.0. The maximum absolute atomic E-state index is 6.09. The first-order valence-corrected chi connectivity index (χ1v) is 17.0. The molecule has 0 radical (unpaired) electrons. The van der Waals surface area contributed by atoms with Crippen LogP contribution in [0.1, 0.15) is 41.7 Å². The smallest absolute Gasteiger partial charge is 0.164 e. The van der Waals surface area contributed by atoms with Crippen molar-refractivity contribution in [2.75, 3.05) is 0 Å². The molecule has 50 heavy (non-hydrogen) atoms. The van der Waals surface area contributed by atoms with E-state index in [1.807, 2.05) is 30.4 Å². The molecular formula is C46H29N3O. The first kappa shape index (κ1) is 28.4. The molecule has 0 bridgehead atoms. The molecule has 0 fully saturated rings. The molecule has 6 aromatic carbocycles. The molecule has 234 valence electrons. The number of hydrogen-bond acceptors (Lipinski definition) is 4. The van der Waals surface area contributed by atoms with E-state index >= 15 is 0 Å². The largest absolute Gasteiger partial charge is 0.455 e. The topological polar surface area (TPSA) is 51.8 Å². The average molecular weight is 640 g/mol. The van der Waals surface area contributed by atoms with E-state index in [0.717, 1.165) is 51.0 Å². The lowest BCUT2D eigenvalue weighted by molar-refractivity contribution is 0.603. The molecule has 4 heteroatoms. The van der Waals surface area contributed by atoms with Crippen LogP contribution in [0.5, 0.6) is 0 Å². The van der Waals surface area contributed by atoms with Crippen LogP contribution in [0.3, 0.4) is 0 Å². The van der Waals surface area contributed by atoms with Gasteiger partial charge in [0, 0.05) is 39.8 Å². The van der Waals surface area contributed by atoms with E-state index in [4.69, 9.17) is 19.4 Å². The minimum atomic E-state index is 0.399. The van der Waals surface area contributed by atoms with Crippen LogP contribution < -0.4 is 0 Å². The Morgan fingerprint density at radius 1 is 0.540 bits per heavy atom. The predicted octanol–water partition coefficient (Wildman–Crippen LogP) is 11.9. The highest BCUT2D eigenvalue weighted by Gasteiger charge is 2.22. The molecule has 2 aromatic heterocycles. The zero-order chi connectivity index (χ0) is 33.2. The second kappa shape index (κ2) is 11.3. The van der Waals surface area contributed by atoms with Crippen LogP contribution in [-0.4, -0.2) is 15.0 Å². The van der Waals surface area contributed by atoms with Crippen molar-refractivity contribution in [2.24, 2.45) is 0 Å². The van der Waals surface area contributed by atoms with E-state index in [1.54, 1.807) is 0 Å². The van der Waals surface area contributed by atoms with Crippen LogP contribution in [0.4, 0.5) is 0 Å². The fraction of sp³-hybridized carbons (Fsp3) is 0.0652. The molecule has 1 unspecified atom stereocenters. The third kappa shape index (κ3) is 4.59. The Labute approximate surface area is 289 Å². The molecule has 0 amide bonds. The molecule has 2 aliphatic carbocycles. The van der Waals surface area contributed by atoms with Gasteiger partial charge in [0.25, 0.3) is 0 Å². The highest BCUT2D eigenvalue weighted by atomic mass is 16.3. The van der Waals surface area contributed by atoms with Crippen LogP contribution in [0.25, 0.3) is 96.0 Å². The molecule has 4 nitrogen and oxygen atoms in total. The van der Waals surface area contributed by atoms with Gasteiger partial charge in [-0.25, -0.2) is 15.0 Å². The third-order valence-electron chi connectivity index (χ3n) is 10.0. The predicted molar refractivity (Wildman–Crippen MR) is 204 cm³/mol. The summed E-state index contributed by atoms with van der Waals surface area (Å²) in [5.41, 5.74) is 15.7. The van der Waals surface area contributed by atoms with Gasteiger partial charge in [-0.15, -0.1) is 0 Å². The lowest BCUT2D eigenvalue weighted by Crippen LogP contribution is -2.03. The maximum Gasteiger partial charge on any atom is 0.164 e. The Morgan fingerprint density at radius 3 is 1.94 bits per heavy atom. The van der Waals surface area contributed by atoms with Gasteiger partial charge in [-0.3, -0.25) is 0 Å². The monoisotopic (exact) mass is 639 g/mol. The molecular weight excluding hydrogens is 611 g/mol.